The summed E-state index contributed by atoms with van der Waals surface area (Å²) in [5.74, 6) is -1.50. The minimum atomic E-state index is -0.847. The number of nitrogens with zero attached hydrogens (tertiary/aromatic N) is 2. The van der Waals surface area contributed by atoms with E-state index in [-0.39, 0.29) is 5.56 Å². The van der Waals surface area contributed by atoms with Gasteiger partial charge in [0.05, 0.1) is 22.4 Å². The fourth-order valence-corrected chi connectivity index (χ4v) is 2.07. The Morgan fingerprint density at radius 2 is 2.10 bits per heavy atom. The first-order chi connectivity index (χ1) is 9.86. The van der Waals surface area contributed by atoms with Crippen LogP contribution in [0.2, 0.25) is 0 Å². The molecule has 6 nitrogen and oxygen atoms in total. The van der Waals surface area contributed by atoms with Gasteiger partial charge in [-0.3, -0.25) is 14.9 Å². The van der Waals surface area contributed by atoms with Gasteiger partial charge in [0.2, 0.25) is 0 Å². The van der Waals surface area contributed by atoms with Gasteiger partial charge in [-0.15, -0.1) is 0 Å². The molecule has 1 N–H and O–H groups in total. The molecule has 0 fully saturated rings. The third-order valence-electron chi connectivity index (χ3n) is 2.66. The van der Waals surface area contributed by atoms with Crippen molar-refractivity contribution in [3.8, 4) is 0 Å². The maximum absolute atomic E-state index is 13.3. The lowest BCUT2D eigenvalue weighted by atomic mass is 10.1. The molecular formula is C13H9BrFN3O3. The number of hydrogen-bond donors (Lipinski definition) is 1. The van der Waals surface area contributed by atoms with E-state index in [1.54, 1.807) is 19.1 Å². The lowest BCUT2D eigenvalue weighted by Crippen LogP contribution is -2.14. The van der Waals surface area contributed by atoms with Crippen LogP contribution in [0.5, 0.6) is 0 Å². The van der Waals surface area contributed by atoms with Crippen molar-refractivity contribution in [1.29, 1.82) is 0 Å². The van der Waals surface area contributed by atoms with E-state index in [2.05, 4.69) is 26.2 Å². The van der Waals surface area contributed by atoms with E-state index < -0.39 is 22.3 Å². The molecule has 2 rings (SSSR count). The first-order valence-electron chi connectivity index (χ1n) is 5.76. The van der Waals surface area contributed by atoms with Gasteiger partial charge in [-0.05, 0) is 41.1 Å². The monoisotopic (exact) mass is 353 g/mol. The van der Waals surface area contributed by atoms with Crippen molar-refractivity contribution < 1.29 is 14.1 Å². The minimum Gasteiger partial charge on any atom is -0.320 e. The van der Waals surface area contributed by atoms with Gasteiger partial charge < -0.3 is 5.32 Å². The molecule has 108 valence electrons. The van der Waals surface area contributed by atoms with Crippen molar-refractivity contribution in [1.82, 2.24) is 4.98 Å². The summed E-state index contributed by atoms with van der Waals surface area (Å²) in [7, 11) is 0. The molecule has 0 aliphatic heterocycles. The van der Waals surface area contributed by atoms with Gasteiger partial charge in [0.25, 0.3) is 11.6 Å². The topological polar surface area (TPSA) is 85.1 Å². The largest absolute Gasteiger partial charge is 0.320 e. The fourth-order valence-electron chi connectivity index (χ4n) is 1.67. The van der Waals surface area contributed by atoms with Crippen LogP contribution < -0.4 is 5.32 Å². The molecule has 1 aromatic carbocycles. The highest BCUT2D eigenvalue weighted by Crippen LogP contribution is 2.20. The molecule has 8 heteroatoms. The molecular weight excluding hydrogens is 345 g/mol. The SMILES string of the molecule is Cc1nc(Br)ccc1NC(=O)c1cc(F)cc([N+](=O)[O-])c1. The minimum absolute atomic E-state index is 0.135. The molecule has 1 heterocycles. The number of nitrogens with one attached hydrogen (secondary N) is 1. The van der Waals surface area contributed by atoms with E-state index in [0.29, 0.717) is 16.0 Å². The van der Waals surface area contributed by atoms with Crippen LogP contribution in [-0.2, 0) is 0 Å². The predicted octanol–water partition coefficient (Wildman–Crippen LogP) is 3.45. The third-order valence-corrected chi connectivity index (χ3v) is 3.10. The highest BCUT2D eigenvalue weighted by atomic mass is 79.9. The quantitative estimate of drug-likeness (QED) is 0.520. The molecule has 0 bridgehead atoms. The Hall–Kier alpha value is -2.35. The van der Waals surface area contributed by atoms with Crippen molar-refractivity contribution >= 4 is 33.2 Å². The maximum Gasteiger partial charge on any atom is 0.273 e. The standard InChI is InChI=1S/C13H9BrFN3O3/c1-7-11(2-3-12(14)16-7)17-13(19)8-4-9(15)6-10(5-8)18(20)21/h2-6H,1H3,(H,17,19). The summed E-state index contributed by atoms with van der Waals surface area (Å²) in [5, 5.41) is 13.2. The van der Waals surface area contributed by atoms with E-state index >= 15 is 0 Å². The van der Waals surface area contributed by atoms with Crippen molar-refractivity contribution in [3.05, 3.63) is 62.1 Å². The predicted molar refractivity (Wildman–Crippen MR) is 77.7 cm³/mol. The van der Waals surface area contributed by atoms with Gasteiger partial charge in [0.1, 0.15) is 10.4 Å². The van der Waals surface area contributed by atoms with Crippen LogP contribution in [0.4, 0.5) is 15.8 Å². The van der Waals surface area contributed by atoms with E-state index in [1.165, 1.54) is 0 Å². The average Bonchev–Trinajstić information content (AvgIpc) is 2.41. The first kappa shape index (κ1) is 15.0. The summed E-state index contributed by atoms with van der Waals surface area (Å²) in [6, 6.07) is 5.96. The number of pyridine rings is 1. The second kappa shape index (κ2) is 5.96. The normalized spacial score (nSPS) is 10.2. The summed E-state index contributed by atoms with van der Waals surface area (Å²) in [4.78, 5) is 26.1. The zero-order chi connectivity index (χ0) is 15.6. The van der Waals surface area contributed by atoms with Crippen LogP contribution in [0.1, 0.15) is 16.1 Å². The number of nitro benzene ring substituents is 1. The number of non-ortho nitro benzene ring substituents is 1. The fraction of sp³-hybridized carbons (Fsp3) is 0.0769. The van der Waals surface area contributed by atoms with Crippen LogP contribution >= 0.6 is 15.9 Å². The average molecular weight is 354 g/mol. The highest BCUT2D eigenvalue weighted by Gasteiger charge is 2.15. The Morgan fingerprint density at radius 3 is 2.71 bits per heavy atom. The first-order valence-corrected chi connectivity index (χ1v) is 6.55. The number of carbonyl (C=O) groups excluding carboxylic acids is 1. The van der Waals surface area contributed by atoms with E-state index in [4.69, 9.17) is 0 Å². The second-order valence-corrected chi connectivity index (χ2v) is 4.99. The van der Waals surface area contributed by atoms with Crippen molar-refractivity contribution in [3.63, 3.8) is 0 Å². The van der Waals surface area contributed by atoms with Gasteiger partial charge in [-0.25, -0.2) is 9.37 Å². The second-order valence-electron chi connectivity index (χ2n) is 4.18. The molecule has 1 amide bonds. The highest BCUT2D eigenvalue weighted by molar-refractivity contribution is 9.10. The summed E-state index contributed by atoms with van der Waals surface area (Å²) in [6.45, 7) is 1.69. The molecule has 0 aliphatic rings. The van der Waals surface area contributed by atoms with Gasteiger partial charge in [0.15, 0.2) is 0 Å². The Bertz CT molecular complexity index is 737. The number of rotatable bonds is 3. The van der Waals surface area contributed by atoms with Crippen LogP contribution in [-0.4, -0.2) is 15.8 Å². The van der Waals surface area contributed by atoms with Crippen molar-refractivity contribution in [2.24, 2.45) is 0 Å². The maximum atomic E-state index is 13.3. The molecule has 0 atom stereocenters. The Morgan fingerprint density at radius 1 is 1.38 bits per heavy atom. The summed E-state index contributed by atoms with van der Waals surface area (Å²) < 4.78 is 13.9. The van der Waals surface area contributed by atoms with Crippen LogP contribution in [0.25, 0.3) is 0 Å². The van der Waals surface area contributed by atoms with Gasteiger partial charge in [0, 0.05) is 11.6 Å². The zero-order valence-corrected chi connectivity index (χ0v) is 12.3. The van der Waals surface area contributed by atoms with Gasteiger partial charge in [-0.2, -0.15) is 0 Å². The number of aryl methyl sites for hydroxylation is 1. The third kappa shape index (κ3) is 3.60. The van der Waals surface area contributed by atoms with Gasteiger partial charge in [-0.1, -0.05) is 0 Å². The zero-order valence-electron chi connectivity index (χ0n) is 10.8. The van der Waals surface area contributed by atoms with E-state index in [9.17, 15) is 19.3 Å². The summed E-state index contributed by atoms with van der Waals surface area (Å²) >= 11 is 3.19. The van der Waals surface area contributed by atoms with Crippen LogP contribution in [0, 0.1) is 22.9 Å². The smallest absolute Gasteiger partial charge is 0.273 e. The van der Waals surface area contributed by atoms with Crippen LogP contribution in [0.3, 0.4) is 0 Å². The lowest BCUT2D eigenvalue weighted by molar-refractivity contribution is -0.385. The Balaban J connectivity index is 2.30. The number of hydrogen-bond acceptors (Lipinski definition) is 4. The molecule has 1 aromatic heterocycles. The summed E-state index contributed by atoms with van der Waals surface area (Å²) in [5.41, 5.74) is 0.383. The van der Waals surface area contributed by atoms with Gasteiger partial charge >= 0.3 is 0 Å². The lowest BCUT2D eigenvalue weighted by Gasteiger charge is -2.08. The molecule has 0 spiro atoms. The number of aromatic nitrogens is 1. The van der Waals surface area contributed by atoms with Crippen molar-refractivity contribution in [2.45, 2.75) is 6.92 Å². The number of carbonyl (C=O) groups is 1. The summed E-state index contributed by atoms with van der Waals surface area (Å²) in [6.07, 6.45) is 0. The molecule has 0 saturated heterocycles. The number of amides is 1. The van der Waals surface area contributed by atoms with E-state index in [1.807, 2.05) is 0 Å². The molecule has 2 aromatic rings. The number of benzene rings is 1. The molecule has 0 radical (unpaired) electrons. The molecule has 0 saturated carbocycles. The Kier molecular flexibility index (Phi) is 4.27. The molecule has 21 heavy (non-hydrogen) atoms. The van der Waals surface area contributed by atoms with E-state index in [0.717, 1.165) is 18.2 Å². The van der Waals surface area contributed by atoms with Crippen LogP contribution in [0.15, 0.2) is 34.9 Å². The molecule has 0 unspecified atom stereocenters. The Labute approximate surface area is 127 Å². The van der Waals surface area contributed by atoms with Crippen molar-refractivity contribution in [2.75, 3.05) is 5.32 Å². The number of nitro groups is 1. The number of halogens is 2. The molecule has 0 aliphatic carbocycles. The number of anilines is 1.